The van der Waals surface area contributed by atoms with Crippen molar-refractivity contribution in [2.45, 2.75) is 0 Å². The molecule has 0 aliphatic carbocycles. The number of hydrogen-bond donors (Lipinski definition) is 0. The molecule has 6 heteroatoms. The molecule has 2 rings (SSSR count). The van der Waals surface area contributed by atoms with Crippen LogP contribution in [0, 0.1) is 0 Å². The molecule has 0 spiro atoms. The van der Waals surface area contributed by atoms with Gasteiger partial charge in [-0.05, 0) is 12.1 Å². The van der Waals surface area contributed by atoms with Gasteiger partial charge in [0.2, 0.25) is 0 Å². The van der Waals surface area contributed by atoms with E-state index < -0.39 is 0 Å². The Morgan fingerprint density at radius 1 is 0.938 bits per heavy atom. The van der Waals surface area contributed by atoms with Crippen molar-refractivity contribution in [1.82, 2.24) is 9.97 Å². The van der Waals surface area contributed by atoms with Gasteiger partial charge in [-0.3, -0.25) is 9.97 Å². The van der Waals surface area contributed by atoms with Gasteiger partial charge in [-0.25, -0.2) is 0 Å². The minimum Gasteiger partial charge on any atom is -0.255 e. The summed E-state index contributed by atoms with van der Waals surface area (Å²) in [4.78, 5) is 8.23. The molecule has 0 aromatic carbocycles. The Morgan fingerprint density at radius 2 is 1.69 bits per heavy atom. The molecular formula is C10H5Cl3N2Ru. The summed E-state index contributed by atoms with van der Waals surface area (Å²) >= 11 is 17.7. The molecule has 84 valence electrons. The second-order valence-corrected chi connectivity index (χ2v) is 3.96. The van der Waals surface area contributed by atoms with Gasteiger partial charge < -0.3 is 0 Å². The van der Waals surface area contributed by atoms with Crippen LogP contribution in [0.3, 0.4) is 0 Å². The fourth-order valence-corrected chi connectivity index (χ4v) is 1.70. The Labute approximate surface area is 121 Å². The van der Waals surface area contributed by atoms with Crippen molar-refractivity contribution in [2.24, 2.45) is 0 Å². The first-order valence-electron chi connectivity index (χ1n) is 4.11. The van der Waals surface area contributed by atoms with E-state index in [4.69, 9.17) is 34.8 Å². The minimum atomic E-state index is 0. The maximum absolute atomic E-state index is 6.01. The average Bonchev–Trinajstić information content (AvgIpc) is 2.27. The van der Waals surface area contributed by atoms with Crippen molar-refractivity contribution in [3.63, 3.8) is 0 Å². The monoisotopic (exact) mass is 360 g/mol. The van der Waals surface area contributed by atoms with Gasteiger partial charge >= 0.3 is 0 Å². The van der Waals surface area contributed by atoms with E-state index in [9.17, 15) is 0 Å². The van der Waals surface area contributed by atoms with E-state index in [1.807, 2.05) is 12.1 Å². The molecule has 2 nitrogen and oxygen atoms in total. The number of hydrogen-bond acceptors (Lipinski definition) is 2. The van der Waals surface area contributed by atoms with Crippen molar-refractivity contribution in [1.29, 1.82) is 0 Å². The van der Waals surface area contributed by atoms with Crippen LogP contribution in [0.5, 0.6) is 0 Å². The Morgan fingerprint density at radius 3 is 2.31 bits per heavy atom. The predicted molar refractivity (Wildman–Crippen MR) is 62.5 cm³/mol. The average molecular weight is 361 g/mol. The molecule has 0 bridgehead atoms. The van der Waals surface area contributed by atoms with Crippen molar-refractivity contribution in [2.75, 3.05) is 0 Å². The fourth-order valence-electron chi connectivity index (χ4n) is 1.12. The first-order chi connectivity index (χ1) is 7.20. The molecule has 0 unspecified atom stereocenters. The van der Waals surface area contributed by atoms with E-state index in [0.29, 0.717) is 26.5 Å². The largest absolute Gasteiger partial charge is 0.255 e. The number of halogens is 3. The summed E-state index contributed by atoms with van der Waals surface area (Å²) in [5.74, 6) is 0. The molecule has 0 aliphatic heterocycles. The van der Waals surface area contributed by atoms with Gasteiger partial charge in [0, 0.05) is 31.9 Å². The second kappa shape index (κ2) is 5.93. The second-order valence-electron chi connectivity index (χ2n) is 2.80. The molecule has 0 N–H and O–H groups in total. The normalized spacial score (nSPS) is 9.69. The van der Waals surface area contributed by atoms with Gasteiger partial charge in [-0.2, -0.15) is 0 Å². The Bertz CT molecular complexity index is 491. The van der Waals surface area contributed by atoms with Crippen LogP contribution in [-0.4, -0.2) is 9.97 Å². The summed E-state index contributed by atoms with van der Waals surface area (Å²) in [6, 6.07) is 5.47. The molecule has 0 fully saturated rings. The molecule has 2 aromatic heterocycles. The van der Waals surface area contributed by atoms with Crippen LogP contribution in [-0.2, 0) is 19.5 Å². The topological polar surface area (TPSA) is 25.8 Å². The van der Waals surface area contributed by atoms with Gasteiger partial charge in [0.05, 0.1) is 20.8 Å². The number of aromatic nitrogens is 2. The van der Waals surface area contributed by atoms with Crippen LogP contribution in [0.15, 0.2) is 30.6 Å². The van der Waals surface area contributed by atoms with Crippen LogP contribution in [0.25, 0.3) is 11.4 Å². The zero-order chi connectivity index (χ0) is 10.8. The summed E-state index contributed by atoms with van der Waals surface area (Å²) in [7, 11) is 0. The summed E-state index contributed by atoms with van der Waals surface area (Å²) in [5, 5.41) is 0.957. The van der Waals surface area contributed by atoms with E-state index in [0.717, 1.165) is 0 Å². The zero-order valence-corrected chi connectivity index (χ0v) is 11.8. The van der Waals surface area contributed by atoms with Crippen LogP contribution < -0.4 is 0 Å². The van der Waals surface area contributed by atoms with E-state index in [1.165, 1.54) is 6.20 Å². The maximum Gasteiger partial charge on any atom is 0.109 e. The van der Waals surface area contributed by atoms with E-state index in [2.05, 4.69) is 9.97 Å². The first-order valence-corrected chi connectivity index (χ1v) is 5.24. The van der Waals surface area contributed by atoms with Gasteiger partial charge in [0.15, 0.2) is 0 Å². The molecule has 0 atom stereocenters. The van der Waals surface area contributed by atoms with Crippen LogP contribution >= 0.6 is 34.8 Å². The number of rotatable bonds is 1. The number of nitrogens with zero attached hydrogens (tertiary/aromatic N) is 2. The zero-order valence-electron chi connectivity index (χ0n) is 7.77. The molecule has 0 amide bonds. The molecule has 16 heavy (non-hydrogen) atoms. The Balaban J connectivity index is 0.00000128. The van der Waals surface area contributed by atoms with Crippen molar-refractivity contribution in [3.8, 4) is 11.4 Å². The Kier molecular flexibility index (Phi) is 5.13. The SMILES string of the molecule is Clc1cnc(-c2ccccn2)c(Cl)c1Cl.[Ru]. The molecule has 0 saturated carbocycles. The van der Waals surface area contributed by atoms with Crippen molar-refractivity contribution in [3.05, 3.63) is 45.7 Å². The maximum atomic E-state index is 6.01. The summed E-state index contributed by atoms with van der Waals surface area (Å²) < 4.78 is 0. The number of pyridine rings is 2. The van der Waals surface area contributed by atoms with E-state index in [1.54, 1.807) is 12.3 Å². The van der Waals surface area contributed by atoms with Crippen molar-refractivity contribution < 1.29 is 19.5 Å². The van der Waals surface area contributed by atoms with Crippen LogP contribution in [0.4, 0.5) is 0 Å². The smallest absolute Gasteiger partial charge is 0.109 e. The van der Waals surface area contributed by atoms with Crippen LogP contribution in [0.2, 0.25) is 15.1 Å². The molecule has 2 aromatic rings. The molecule has 0 radical (unpaired) electrons. The molecule has 0 aliphatic rings. The first kappa shape index (κ1) is 13.9. The standard InChI is InChI=1S/C10H5Cl3N2.Ru/c11-6-5-15-10(9(13)8(6)12)7-3-1-2-4-14-7;/h1-5H;. The summed E-state index contributed by atoms with van der Waals surface area (Å²) in [6.07, 6.45) is 3.12. The fraction of sp³-hybridized carbons (Fsp3) is 0. The summed E-state index contributed by atoms with van der Waals surface area (Å²) in [5.41, 5.74) is 1.20. The van der Waals surface area contributed by atoms with Crippen molar-refractivity contribution >= 4 is 34.8 Å². The van der Waals surface area contributed by atoms with E-state index in [-0.39, 0.29) is 19.5 Å². The third-order valence-electron chi connectivity index (χ3n) is 1.82. The van der Waals surface area contributed by atoms with Gasteiger partial charge in [-0.15, -0.1) is 0 Å². The van der Waals surface area contributed by atoms with Gasteiger partial charge in [0.1, 0.15) is 5.69 Å². The Hall–Kier alpha value is -0.207. The van der Waals surface area contributed by atoms with Gasteiger partial charge in [0.25, 0.3) is 0 Å². The minimum absolute atomic E-state index is 0. The third kappa shape index (κ3) is 2.72. The third-order valence-corrected chi connectivity index (χ3v) is 3.07. The molecular weight excluding hydrogens is 356 g/mol. The summed E-state index contributed by atoms with van der Waals surface area (Å²) in [6.45, 7) is 0. The predicted octanol–water partition coefficient (Wildman–Crippen LogP) is 4.10. The molecule has 0 saturated heterocycles. The van der Waals surface area contributed by atoms with E-state index >= 15 is 0 Å². The molecule has 2 heterocycles. The van der Waals surface area contributed by atoms with Gasteiger partial charge in [-0.1, -0.05) is 40.9 Å². The quantitative estimate of drug-likeness (QED) is 0.716. The van der Waals surface area contributed by atoms with Crippen LogP contribution in [0.1, 0.15) is 0 Å².